The van der Waals surface area contributed by atoms with Gasteiger partial charge in [-0.05, 0) is 23.3 Å². The van der Waals surface area contributed by atoms with Gasteiger partial charge in [0.05, 0.1) is 6.61 Å². The van der Waals surface area contributed by atoms with Crippen LogP contribution < -0.4 is 16.4 Å². The van der Waals surface area contributed by atoms with Gasteiger partial charge in [0.25, 0.3) is 0 Å². The molecule has 2 atom stereocenters. The lowest BCUT2D eigenvalue weighted by Gasteiger charge is -2.20. The summed E-state index contributed by atoms with van der Waals surface area (Å²) in [5, 5.41) is 14.7. The van der Waals surface area contributed by atoms with Crippen LogP contribution >= 0.6 is 11.6 Å². The Bertz CT molecular complexity index is 830. The average Bonchev–Trinajstić information content (AvgIpc) is 2.72. The molecule has 0 aromatic heterocycles. The van der Waals surface area contributed by atoms with Crippen molar-refractivity contribution in [3.05, 3.63) is 70.7 Å². The topological polar surface area (TPSA) is 131 Å². The molecule has 0 fully saturated rings. The molecular formula is C20H22ClN3O5. The van der Waals surface area contributed by atoms with E-state index in [2.05, 4.69) is 10.6 Å². The molecule has 0 radical (unpaired) electrons. The van der Waals surface area contributed by atoms with Crippen molar-refractivity contribution < 1.29 is 24.2 Å². The summed E-state index contributed by atoms with van der Waals surface area (Å²) >= 11 is 5.83. The Labute approximate surface area is 173 Å². The first-order chi connectivity index (χ1) is 13.9. The van der Waals surface area contributed by atoms with Gasteiger partial charge in [-0.3, -0.25) is 9.59 Å². The number of benzene rings is 2. The van der Waals surface area contributed by atoms with Crippen molar-refractivity contribution >= 4 is 29.5 Å². The molecule has 0 aliphatic rings. The van der Waals surface area contributed by atoms with E-state index < -0.39 is 36.6 Å². The summed E-state index contributed by atoms with van der Waals surface area (Å²) in [6.45, 7) is -0.675. The van der Waals surface area contributed by atoms with Crippen molar-refractivity contribution in [2.45, 2.75) is 25.1 Å². The Morgan fingerprint density at radius 1 is 0.966 bits per heavy atom. The van der Waals surface area contributed by atoms with E-state index >= 15 is 0 Å². The monoisotopic (exact) mass is 419 g/mol. The van der Waals surface area contributed by atoms with Gasteiger partial charge in [-0.25, -0.2) is 4.79 Å². The van der Waals surface area contributed by atoms with Gasteiger partial charge in [-0.1, -0.05) is 54.1 Å². The zero-order chi connectivity index (χ0) is 21.2. The maximum absolute atomic E-state index is 12.4. The summed E-state index contributed by atoms with van der Waals surface area (Å²) in [5.41, 5.74) is 6.86. The SMILES string of the molecule is NC(=O)[C@H](Cc1ccc(Cl)cc1)NC(=O)[C@H](CO)NC(=O)OCc1ccccc1. The Morgan fingerprint density at radius 2 is 1.62 bits per heavy atom. The highest BCUT2D eigenvalue weighted by Gasteiger charge is 2.25. The molecule has 5 N–H and O–H groups in total. The minimum atomic E-state index is -1.30. The highest BCUT2D eigenvalue weighted by atomic mass is 35.5. The van der Waals surface area contributed by atoms with Crippen LogP contribution in [0.3, 0.4) is 0 Å². The quantitative estimate of drug-likeness (QED) is 0.484. The molecule has 29 heavy (non-hydrogen) atoms. The third-order valence-corrected chi connectivity index (χ3v) is 4.27. The van der Waals surface area contributed by atoms with Gasteiger partial charge in [0, 0.05) is 11.4 Å². The fourth-order valence-electron chi connectivity index (χ4n) is 2.45. The molecule has 2 aromatic rings. The molecule has 0 bridgehead atoms. The second-order valence-corrected chi connectivity index (χ2v) is 6.67. The van der Waals surface area contributed by atoms with E-state index in [9.17, 15) is 19.5 Å². The van der Waals surface area contributed by atoms with E-state index in [1.54, 1.807) is 48.5 Å². The number of primary amides is 1. The van der Waals surface area contributed by atoms with Crippen LogP contribution in [-0.2, 0) is 27.4 Å². The fraction of sp³-hybridized carbons (Fsp3) is 0.250. The van der Waals surface area contributed by atoms with E-state index in [1.807, 2.05) is 6.07 Å². The molecular weight excluding hydrogens is 398 g/mol. The van der Waals surface area contributed by atoms with Gasteiger partial charge in [0.2, 0.25) is 11.8 Å². The number of carbonyl (C=O) groups excluding carboxylic acids is 3. The predicted molar refractivity (Wildman–Crippen MR) is 107 cm³/mol. The lowest BCUT2D eigenvalue weighted by molar-refractivity contribution is -0.129. The minimum absolute atomic E-state index is 0.00686. The lowest BCUT2D eigenvalue weighted by atomic mass is 10.1. The lowest BCUT2D eigenvalue weighted by Crippen LogP contribution is -2.54. The van der Waals surface area contributed by atoms with Crippen molar-refractivity contribution in [2.24, 2.45) is 5.73 Å². The van der Waals surface area contributed by atoms with E-state index in [4.69, 9.17) is 22.1 Å². The van der Waals surface area contributed by atoms with Crippen molar-refractivity contribution in [2.75, 3.05) is 6.61 Å². The second-order valence-electron chi connectivity index (χ2n) is 6.24. The molecule has 9 heteroatoms. The normalized spacial score (nSPS) is 12.5. The van der Waals surface area contributed by atoms with Gasteiger partial charge in [-0.15, -0.1) is 0 Å². The van der Waals surface area contributed by atoms with Gasteiger partial charge in [0.1, 0.15) is 18.7 Å². The number of ether oxygens (including phenoxy) is 1. The zero-order valence-electron chi connectivity index (χ0n) is 15.5. The van der Waals surface area contributed by atoms with Crippen LogP contribution in [0, 0.1) is 0 Å². The molecule has 8 nitrogen and oxygen atoms in total. The van der Waals surface area contributed by atoms with Crippen LogP contribution in [0.4, 0.5) is 4.79 Å². The summed E-state index contributed by atoms with van der Waals surface area (Å²) in [4.78, 5) is 36.0. The molecule has 0 aliphatic carbocycles. The van der Waals surface area contributed by atoms with Crippen LogP contribution in [0.15, 0.2) is 54.6 Å². The number of alkyl carbamates (subject to hydrolysis) is 1. The molecule has 154 valence electrons. The Hall–Kier alpha value is -3.10. The highest BCUT2D eigenvalue weighted by Crippen LogP contribution is 2.11. The summed E-state index contributed by atoms with van der Waals surface area (Å²) in [7, 11) is 0. The molecule has 0 heterocycles. The largest absolute Gasteiger partial charge is 0.445 e. The first kappa shape index (κ1) is 22.2. The summed E-state index contributed by atoms with van der Waals surface area (Å²) in [6.07, 6.45) is -0.745. The first-order valence-corrected chi connectivity index (χ1v) is 9.19. The number of aliphatic hydroxyl groups excluding tert-OH is 1. The van der Waals surface area contributed by atoms with Gasteiger partial charge in [-0.2, -0.15) is 0 Å². The van der Waals surface area contributed by atoms with Crippen molar-refractivity contribution in [3.63, 3.8) is 0 Å². The smallest absolute Gasteiger partial charge is 0.408 e. The van der Waals surface area contributed by atoms with Crippen LogP contribution in [0.2, 0.25) is 5.02 Å². The minimum Gasteiger partial charge on any atom is -0.445 e. The van der Waals surface area contributed by atoms with Gasteiger partial charge < -0.3 is 26.2 Å². The third-order valence-electron chi connectivity index (χ3n) is 4.02. The van der Waals surface area contributed by atoms with Crippen LogP contribution in [0.1, 0.15) is 11.1 Å². The molecule has 2 aromatic carbocycles. The number of rotatable bonds is 9. The standard InChI is InChI=1S/C20H22ClN3O5/c21-15-8-6-13(7-9-15)10-16(18(22)26)23-19(27)17(11-25)24-20(28)29-12-14-4-2-1-3-5-14/h1-9,16-17,25H,10-12H2,(H2,22,26)(H,23,27)(H,24,28)/t16-,17-/m0/s1. The third kappa shape index (κ3) is 7.44. The number of hydrogen-bond acceptors (Lipinski definition) is 5. The summed E-state index contributed by atoms with van der Waals surface area (Å²) < 4.78 is 5.02. The van der Waals surface area contributed by atoms with Crippen molar-refractivity contribution in [3.8, 4) is 0 Å². The number of carbonyl (C=O) groups is 3. The maximum atomic E-state index is 12.4. The average molecular weight is 420 g/mol. The summed E-state index contributed by atoms with van der Waals surface area (Å²) in [5.74, 6) is -1.52. The highest BCUT2D eigenvalue weighted by molar-refractivity contribution is 6.30. The molecule has 0 unspecified atom stereocenters. The van der Waals surface area contributed by atoms with Crippen LogP contribution in [-0.4, -0.2) is 41.7 Å². The van der Waals surface area contributed by atoms with Crippen molar-refractivity contribution in [1.29, 1.82) is 0 Å². The summed E-state index contributed by atoms with van der Waals surface area (Å²) in [6, 6.07) is 13.3. The molecule has 3 amide bonds. The second kappa shape index (κ2) is 11.0. The van der Waals surface area contributed by atoms with Crippen LogP contribution in [0.5, 0.6) is 0 Å². The van der Waals surface area contributed by atoms with E-state index in [0.29, 0.717) is 5.02 Å². The molecule has 2 rings (SSSR count). The number of nitrogens with one attached hydrogen (secondary N) is 2. The number of hydrogen-bond donors (Lipinski definition) is 4. The van der Waals surface area contributed by atoms with Gasteiger partial charge in [0.15, 0.2) is 0 Å². The fourth-order valence-corrected chi connectivity index (χ4v) is 2.58. The number of halogens is 1. The number of aliphatic hydroxyl groups is 1. The predicted octanol–water partition coefficient (Wildman–Crippen LogP) is 1.14. The Kier molecular flexibility index (Phi) is 8.45. The van der Waals surface area contributed by atoms with E-state index in [-0.39, 0.29) is 13.0 Å². The Balaban J connectivity index is 1.91. The van der Waals surface area contributed by atoms with E-state index in [1.165, 1.54) is 0 Å². The number of nitrogens with two attached hydrogens (primary N) is 1. The van der Waals surface area contributed by atoms with Crippen LogP contribution in [0.25, 0.3) is 0 Å². The number of amides is 3. The molecule has 0 spiro atoms. The molecule has 0 saturated carbocycles. The van der Waals surface area contributed by atoms with Gasteiger partial charge >= 0.3 is 6.09 Å². The first-order valence-electron chi connectivity index (χ1n) is 8.81. The zero-order valence-corrected chi connectivity index (χ0v) is 16.3. The maximum Gasteiger partial charge on any atom is 0.408 e. The molecule has 0 saturated heterocycles. The van der Waals surface area contributed by atoms with E-state index in [0.717, 1.165) is 11.1 Å². The Morgan fingerprint density at radius 3 is 2.21 bits per heavy atom. The van der Waals surface area contributed by atoms with Crippen molar-refractivity contribution in [1.82, 2.24) is 10.6 Å². The molecule has 0 aliphatic heterocycles.